The Bertz CT molecular complexity index is 1320. The smallest absolute Gasteiger partial charge is 0.175 e. The Kier molecular flexibility index (Phi) is 4.95. The molecule has 158 valence electrons. The lowest BCUT2D eigenvalue weighted by atomic mass is 10.1. The molecule has 0 N–H and O–H groups in total. The van der Waals surface area contributed by atoms with Crippen LogP contribution in [0.25, 0.3) is 27.8 Å². The first-order valence-electron chi connectivity index (χ1n) is 10.1. The van der Waals surface area contributed by atoms with Crippen LogP contribution in [0.2, 0.25) is 0 Å². The number of aromatic nitrogens is 3. The van der Waals surface area contributed by atoms with Gasteiger partial charge in [-0.15, -0.1) is 0 Å². The van der Waals surface area contributed by atoms with Crippen LogP contribution in [0.1, 0.15) is 0 Å². The Balaban J connectivity index is 1.47. The molecular formula is C23H22N4O3S. The second-order valence-electron chi connectivity index (χ2n) is 7.59. The number of pyridine rings is 1. The third-order valence-corrected chi connectivity index (χ3v) is 6.64. The molecule has 0 atom stereocenters. The number of morpholine rings is 1. The number of imidazole rings is 1. The molecule has 8 heteroatoms. The molecule has 5 rings (SSSR count). The van der Waals surface area contributed by atoms with Crippen LogP contribution >= 0.6 is 0 Å². The van der Waals surface area contributed by atoms with Crippen LogP contribution in [-0.2, 0) is 14.6 Å². The van der Waals surface area contributed by atoms with Gasteiger partial charge < -0.3 is 9.64 Å². The average Bonchev–Trinajstić information content (AvgIpc) is 3.23. The zero-order valence-corrected chi connectivity index (χ0v) is 17.9. The molecule has 0 saturated carbocycles. The Morgan fingerprint density at radius 3 is 2.32 bits per heavy atom. The summed E-state index contributed by atoms with van der Waals surface area (Å²) >= 11 is 0. The van der Waals surface area contributed by atoms with Gasteiger partial charge in [0, 0.05) is 36.8 Å². The predicted octanol–water partition coefficient (Wildman–Crippen LogP) is 3.33. The zero-order chi connectivity index (χ0) is 21.4. The van der Waals surface area contributed by atoms with Gasteiger partial charge in [-0.1, -0.05) is 6.07 Å². The molecule has 31 heavy (non-hydrogen) atoms. The van der Waals surface area contributed by atoms with Gasteiger partial charge >= 0.3 is 0 Å². The van der Waals surface area contributed by atoms with Crippen molar-refractivity contribution >= 4 is 26.7 Å². The monoisotopic (exact) mass is 434 g/mol. The second-order valence-corrected chi connectivity index (χ2v) is 9.60. The van der Waals surface area contributed by atoms with Gasteiger partial charge in [0.1, 0.15) is 12.1 Å². The molecule has 2 aromatic heterocycles. The summed E-state index contributed by atoms with van der Waals surface area (Å²) in [4.78, 5) is 11.7. The van der Waals surface area contributed by atoms with Crippen molar-refractivity contribution in [2.24, 2.45) is 0 Å². The molecule has 7 nitrogen and oxygen atoms in total. The molecule has 0 unspecified atom stereocenters. The van der Waals surface area contributed by atoms with E-state index < -0.39 is 9.84 Å². The fourth-order valence-corrected chi connectivity index (χ4v) is 4.41. The van der Waals surface area contributed by atoms with Gasteiger partial charge in [0.2, 0.25) is 0 Å². The van der Waals surface area contributed by atoms with Gasteiger partial charge in [0.05, 0.1) is 29.1 Å². The Morgan fingerprint density at radius 1 is 0.903 bits per heavy atom. The summed E-state index contributed by atoms with van der Waals surface area (Å²) in [7, 11) is -3.23. The quantitative estimate of drug-likeness (QED) is 0.490. The Morgan fingerprint density at radius 2 is 1.65 bits per heavy atom. The van der Waals surface area contributed by atoms with Crippen LogP contribution in [0.4, 0.5) is 5.82 Å². The van der Waals surface area contributed by atoms with E-state index >= 15 is 0 Å². The molecule has 3 heterocycles. The molecule has 0 amide bonds. The van der Waals surface area contributed by atoms with Gasteiger partial charge in [0.15, 0.2) is 9.84 Å². The van der Waals surface area contributed by atoms with Gasteiger partial charge in [-0.05, 0) is 54.1 Å². The highest BCUT2D eigenvalue weighted by atomic mass is 32.2. The maximum absolute atomic E-state index is 11.7. The van der Waals surface area contributed by atoms with E-state index in [-0.39, 0.29) is 0 Å². The number of benzene rings is 2. The maximum atomic E-state index is 11.7. The van der Waals surface area contributed by atoms with Crippen LogP contribution in [0.15, 0.2) is 72.0 Å². The average molecular weight is 435 g/mol. The minimum atomic E-state index is -3.23. The van der Waals surface area contributed by atoms with Crippen LogP contribution in [0.5, 0.6) is 0 Å². The highest BCUT2D eigenvalue weighted by molar-refractivity contribution is 7.90. The SMILES string of the molecule is CS(=O)(=O)c1ccc(-n2cnc3ccc(-c4ccc(N5CCOCC5)nc4)cc32)cc1. The number of nitrogens with zero attached hydrogens (tertiary/aromatic N) is 4. The van der Waals surface area contributed by atoms with Gasteiger partial charge in [-0.25, -0.2) is 18.4 Å². The highest BCUT2D eigenvalue weighted by Crippen LogP contribution is 2.27. The van der Waals surface area contributed by atoms with E-state index in [0.717, 1.165) is 60.0 Å². The number of sulfone groups is 1. The lowest BCUT2D eigenvalue weighted by molar-refractivity contribution is 0.122. The summed E-state index contributed by atoms with van der Waals surface area (Å²) in [6.45, 7) is 3.18. The van der Waals surface area contributed by atoms with Crippen molar-refractivity contribution in [3.63, 3.8) is 0 Å². The van der Waals surface area contributed by atoms with E-state index in [1.165, 1.54) is 6.26 Å². The number of hydrogen-bond acceptors (Lipinski definition) is 6. The van der Waals surface area contributed by atoms with Crippen molar-refractivity contribution < 1.29 is 13.2 Å². The summed E-state index contributed by atoms with van der Waals surface area (Å²) in [5.41, 5.74) is 4.74. The first-order chi connectivity index (χ1) is 15.0. The summed E-state index contributed by atoms with van der Waals surface area (Å²) in [6.07, 6.45) is 4.86. The Labute approximate surface area is 180 Å². The Hall–Kier alpha value is -3.23. The molecule has 2 aromatic carbocycles. The first kappa shape index (κ1) is 19.7. The summed E-state index contributed by atoms with van der Waals surface area (Å²) < 4.78 is 30.8. The maximum Gasteiger partial charge on any atom is 0.175 e. The molecule has 1 saturated heterocycles. The second kappa shape index (κ2) is 7.79. The van der Waals surface area contributed by atoms with E-state index in [0.29, 0.717) is 4.90 Å². The van der Waals surface area contributed by atoms with Gasteiger partial charge in [-0.2, -0.15) is 0 Å². The van der Waals surface area contributed by atoms with Crippen LogP contribution in [0, 0.1) is 0 Å². The lowest BCUT2D eigenvalue weighted by Gasteiger charge is -2.27. The van der Waals surface area contributed by atoms with Crippen molar-refractivity contribution in [1.82, 2.24) is 14.5 Å². The van der Waals surface area contributed by atoms with Crippen molar-refractivity contribution in [2.45, 2.75) is 4.90 Å². The van der Waals surface area contributed by atoms with E-state index in [9.17, 15) is 8.42 Å². The predicted molar refractivity (Wildman–Crippen MR) is 120 cm³/mol. The highest BCUT2D eigenvalue weighted by Gasteiger charge is 2.13. The third-order valence-electron chi connectivity index (χ3n) is 5.51. The molecule has 0 bridgehead atoms. The largest absolute Gasteiger partial charge is 0.378 e. The third kappa shape index (κ3) is 3.92. The number of ether oxygens (including phenoxy) is 1. The topological polar surface area (TPSA) is 77.3 Å². The standard InChI is InChI=1S/C23H22N4O3S/c1-31(28,29)20-6-4-19(5-7-20)27-16-25-21-8-2-17(14-22(21)27)18-3-9-23(24-15-18)26-10-12-30-13-11-26/h2-9,14-16H,10-13H2,1H3. The molecule has 4 aromatic rings. The van der Waals surface area contributed by atoms with Crippen molar-refractivity contribution in [3.05, 3.63) is 67.1 Å². The van der Waals surface area contributed by atoms with Crippen LogP contribution < -0.4 is 4.90 Å². The van der Waals surface area contributed by atoms with E-state index in [2.05, 4.69) is 27.0 Å². The zero-order valence-electron chi connectivity index (χ0n) is 17.1. The van der Waals surface area contributed by atoms with Crippen LogP contribution in [-0.4, -0.2) is 55.5 Å². The summed E-state index contributed by atoms with van der Waals surface area (Å²) in [5, 5.41) is 0. The molecule has 0 aliphatic carbocycles. The normalized spacial score (nSPS) is 14.8. The fraction of sp³-hybridized carbons (Fsp3) is 0.217. The lowest BCUT2D eigenvalue weighted by Crippen LogP contribution is -2.36. The van der Waals surface area contributed by atoms with E-state index in [1.54, 1.807) is 30.6 Å². The van der Waals surface area contributed by atoms with Crippen molar-refractivity contribution in [1.29, 1.82) is 0 Å². The molecule has 1 fully saturated rings. The minimum absolute atomic E-state index is 0.299. The number of hydrogen-bond donors (Lipinski definition) is 0. The van der Waals surface area contributed by atoms with Crippen LogP contribution in [0.3, 0.4) is 0 Å². The number of anilines is 1. The van der Waals surface area contributed by atoms with Crippen molar-refractivity contribution in [2.75, 3.05) is 37.5 Å². The van der Waals surface area contributed by atoms with E-state index in [4.69, 9.17) is 4.74 Å². The first-order valence-corrected chi connectivity index (χ1v) is 11.9. The summed E-state index contributed by atoms with van der Waals surface area (Å²) in [5.74, 6) is 0.962. The number of rotatable bonds is 4. The molecule has 1 aliphatic heterocycles. The molecule has 0 radical (unpaired) electrons. The van der Waals surface area contributed by atoms with Gasteiger partial charge in [-0.3, -0.25) is 4.57 Å². The fourth-order valence-electron chi connectivity index (χ4n) is 3.78. The van der Waals surface area contributed by atoms with Gasteiger partial charge in [0.25, 0.3) is 0 Å². The molecule has 1 aliphatic rings. The molecular weight excluding hydrogens is 412 g/mol. The minimum Gasteiger partial charge on any atom is -0.378 e. The number of fused-ring (bicyclic) bond motifs is 1. The molecule has 0 spiro atoms. The summed E-state index contributed by atoms with van der Waals surface area (Å²) in [6, 6.07) is 17.1. The van der Waals surface area contributed by atoms with E-state index in [1.807, 2.05) is 29.0 Å². The van der Waals surface area contributed by atoms with Crippen molar-refractivity contribution in [3.8, 4) is 16.8 Å².